The Morgan fingerprint density at radius 1 is 1.00 bits per heavy atom. The number of hydrogen-bond donors (Lipinski definition) is 0. The molecule has 3 aromatic rings. The Morgan fingerprint density at radius 2 is 1.69 bits per heavy atom. The molecule has 3 aromatic carbocycles. The Bertz CT molecular complexity index is 1170. The van der Waals surface area contributed by atoms with Crippen LogP contribution in [0.4, 0.5) is 0 Å². The van der Waals surface area contributed by atoms with Gasteiger partial charge in [0.15, 0.2) is 0 Å². The highest BCUT2D eigenvalue weighted by molar-refractivity contribution is 7.65. The van der Waals surface area contributed by atoms with Crippen LogP contribution in [0.2, 0.25) is 0 Å². The van der Waals surface area contributed by atoms with Crippen LogP contribution < -0.4 is 10.0 Å². The number of allylic oxidation sites excluding steroid dienone is 2. The molecule has 0 saturated heterocycles. The van der Waals surface area contributed by atoms with E-state index in [1.807, 2.05) is 84.4 Å². The van der Waals surface area contributed by atoms with Gasteiger partial charge in [0.05, 0.1) is 31.3 Å². The van der Waals surface area contributed by atoms with Crippen molar-refractivity contribution in [2.45, 2.75) is 19.9 Å². The summed E-state index contributed by atoms with van der Waals surface area (Å²) in [6.45, 7) is 6.66. The maximum atomic E-state index is 14.8. The highest BCUT2D eigenvalue weighted by Gasteiger charge is 2.43. The van der Waals surface area contributed by atoms with E-state index in [9.17, 15) is 4.57 Å². The van der Waals surface area contributed by atoms with Gasteiger partial charge in [-0.1, -0.05) is 72.8 Å². The molecule has 0 amide bonds. The summed E-state index contributed by atoms with van der Waals surface area (Å²) in [5, 5.41) is 0.672. The summed E-state index contributed by atoms with van der Waals surface area (Å²) < 4.78 is 28.3. The molecular weight excluding hydrogens is 417 g/mol. The van der Waals surface area contributed by atoms with Gasteiger partial charge >= 0.3 is 7.52 Å². The molecule has 0 N–H and O–H groups in total. The van der Waals surface area contributed by atoms with Crippen LogP contribution in [-0.4, -0.2) is 18.4 Å². The second kappa shape index (κ2) is 9.60. The summed E-state index contributed by atoms with van der Waals surface area (Å²) in [4.78, 5) is 0. The molecule has 0 spiro atoms. The second-order valence-corrected chi connectivity index (χ2v) is 9.81. The van der Waals surface area contributed by atoms with Gasteiger partial charge in [-0.2, -0.15) is 0 Å². The molecule has 5 heteroatoms. The summed E-state index contributed by atoms with van der Waals surface area (Å²) >= 11 is 0. The Morgan fingerprint density at radius 3 is 2.31 bits per heavy atom. The average molecular weight is 445 g/mol. The lowest BCUT2D eigenvalue weighted by Crippen LogP contribution is -2.33. The van der Waals surface area contributed by atoms with Crippen LogP contribution in [0.1, 0.15) is 30.0 Å². The molecule has 4 rings (SSSR count). The molecule has 1 aliphatic rings. The zero-order chi connectivity index (χ0) is 22.6. The van der Waals surface area contributed by atoms with Crippen LogP contribution in [-0.2, 0) is 15.6 Å². The number of methoxy groups -OCH3 is 1. The van der Waals surface area contributed by atoms with Crippen molar-refractivity contribution in [2.75, 3.05) is 13.7 Å². The third-order valence-corrected chi connectivity index (χ3v) is 8.14. The third kappa shape index (κ3) is 4.04. The maximum Gasteiger partial charge on any atom is 0.327 e. The van der Waals surface area contributed by atoms with Crippen molar-refractivity contribution >= 4 is 24.1 Å². The number of rotatable bonds is 8. The van der Waals surface area contributed by atoms with E-state index in [0.29, 0.717) is 30.6 Å². The summed E-state index contributed by atoms with van der Waals surface area (Å²) in [6.07, 6.45) is 2.53. The van der Waals surface area contributed by atoms with Gasteiger partial charge < -0.3 is 9.26 Å². The number of ether oxygens (including phenoxy) is 1. The average Bonchev–Trinajstić information content (AvgIpc) is 2.83. The zero-order valence-corrected chi connectivity index (χ0v) is 19.4. The first kappa shape index (κ1) is 22.1. The largest absolute Gasteiger partial charge is 0.497 e. The van der Waals surface area contributed by atoms with E-state index in [1.54, 1.807) is 7.11 Å². The molecule has 0 saturated carbocycles. The fourth-order valence-electron chi connectivity index (χ4n) is 4.19. The van der Waals surface area contributed by atoms with E-state index in [0.717, 1.165) is 28.0 Å². The lowest BCUT2D eigenvalue weighted by molar-refractivity contribution is 0.304. The van der Waals surface area contributed by atoms with E-state index >= 15 is 0 Å². The Hall–Kier alpha value is -3.07. The number of nitrogens with zero attached hydrogens (tertiary/aromatic N) is 1. The minimum atomic E-state index is -3.44. The molecule has 0 aromatic heterocycles. The summed E-state index contributed by atoms with van der Waals surface area (Å²) in [7, 11) is -1.82. The number of fused-ring (bicyclic) bond motifs is 1. The monoisotopic (exact) mass is 445 g/mol. The van der Waals surface area contributed by atoms with E-state index in [4.69, 9.17) is 9.26 Å². The molecule has 164 valence electrons. The fourth-order valence-corrected chi connectivity index (χ4v) is 6.73. The maximum absolute atomic E-state index is 14.8. The van der Waals surface area contributed by atoms with Gasteiger partial charge in [-0.15, -0.1) is 6.58 Å². The normalized spacial score (nSPS) is 17.8. The minimum Gasteiger partial charge on any atom is -0.497 e. The lowest BCUT2D eigenvalue weighted by atomic mass is 9.96. The molecule has 0 aliphatic carbocycles. The predicted molar refractivity (Wildman–Crippen MR) is 132 cm³/mol. The van der Waals surface area contributed by atoms with Crippen molar-refractivity contribution in [3.63, 3.8) is 0 Å². The van der Waals surface area contributed by atoms with Crippen molar-refractivity contribution in [1.29, 1.82) is 0 Å². The van der Waals surface area contributed by atoms with E-state index < -0.39 is 7.52 Å². The van der Waals surface area contributed by atoms with Gasteiger partial charge in [-0.25, -0.2) is 0 Å². The molecule has 32 heavy (non-hydrogen) atoms. The van der Waals surface area contributed by atoms with Gasteiger partial charge in [0.1, 0.15) is 5.75 Å². The summed E-state index contributed by atoms with van der Waals surface area (Å²) in [5.74, 6) is 0.657. The van der Waals surface area contributed by atoms with Crippen LogP contribution >= 0.6 is 7.52 Å². The zero-order valence-electron chi connectivity index (χ0n) is 18.5. The van der Waals surface area contributed by atoms with E-state index in [2.05, 4.69) is 18.7 Å². The Balaban J connectivity index is 2.04. The van der Waals surface area contributed by atoms with Crippen molar-refractivity contribution in [3.8, 4) is 5.75 Å². The van der Waals surface area contributed by atoms with Gasteiger partial charge in [0.25, 0.3) is 0 Å². The molecule has 0 radical (unpaired) electrons. The Labute approximate surface area is 190 Å². The molecule has 0 bridgehead atoms. The molecular formula is C27H28NO3P. The summed E-state index contributed by atoms with van der Waals surface area (Å²) in [6, 6.07) is 25.9. The minimum absolute atomic E-state index is 0.331. The van der Waals surface area contributed by atoms with Crippen LogP contribution in [0.15, 0.2) is 91.5 Å². The van der Waals surface area contributed by atoms with Crippen LogP contribution in [0, 0.1) is 0 Å². The highest BCUT2D eigenvalue weighted by Crippen LogP contribution is 2.60. The van der Waals surface area contributed by atoms with Crippen LogP contribution in [0.3, 0.4) is 0 Å². The van der Waals surface area contributed by atoms with E-state index in [1.165, 1.54) is 0 Å². The SMILES string of the molecule is C=CCC1=C(c2ccccc2)N(Cc2ccccc2)P(=O)(OCC)c2cc(OC)ccc21. The topological polar surface area (TPSA) is 38.8 Å². The van der Waals surface area contributed by atoms with Gasteiger partial charge in [0, 0.05) is 0 Å². The first-order valence-corrected chi connectivity index (χ1v) is 12.3. The van der Waals surface area contributed by atoms with Crippen molar-refractivity contribution in [2.24, 2.45) is 0 Å². The van der Waals surface area contributed by atoms with Gasteiger partial charge in [-0.3, -0.25) is 9.24 Å². The molecule has 1 unspecified atom stereocenters. The molecule has 0 fully saturated rings. The van der Waals surface area contributed by atoms with Gasteiger partial charge in [0.2, 0.25) is 0 Å². The lowest BCUT2D eigenvalue weighted by Gasteiger charge is -2.41. The standard InChI is InChI=1S/C27H28NO3P/c1-4-12-25-24-18-17-23(30-3)19-26(24)32(29,31-5-2)28(20-21-13-8-6-9-14-21)27(25)22-15-10-7-11-16-22/h4,6-11,13-19H,1,5,12,20H2,2-3H3. The van der Waals surface area contributed by atoms with Gasteiger partial charge in [-0.05, 0) is 47.7 Å². The third-order valence-electron chi connectivity index (χ3n) is 5.57. The molecule has 1 heterocycles. The Kier molecular flexibility index (Phi) is 6.64. The number of hydrogen-bond acceptors (Lipinski definition) is 3. The van der Waals surface area contributed by atoms with Crippen LogP contribution in [0.5, 0.6) is 5.75 Å². The first-order valence-electron chi connectivity index (χ1n) is 10.8. The van der Waals surface area contributed by atoms with Crippen molar-refractivity contribution < 1.29 is 13.8 Å². The molecule has 4 nitrogen and oxygen atoms in total. The predicted octanol–water partition coefficient (Wildman–Crippen LogP) is 6.51. The van der Waals surface area contributed by atoms with Crippen molar-refractivity contribution in [3.05, 3.63) is 108 Å². The quantitative estimate of drug-likeness (QED) is 0.293. The van der Waals surface area contributed by atoms with Crippen molar-refractivity contribution in [1.82, 2.24) is 4.67 Å². The number of benzene rings is 3. The fraction of sp³-hybridized carbons (Fsp3) is 0.185. The van der Waals surface area contributed by atoms with Crippen LogP contribution in [0.25, 0.3) is 11.3 Å². The molecule has 1 aliphatic heterocycles. The second-order valence-electron chi connectivity index (χ2n) is 7.55. The first-order chi connectivity index (χ1) is 15.6. The highest BCUT2D eigenvalue weighted by atomic mass is 31.2. The smallest absolute Gasteiger partial charge is 0.327 e. The summed E-state index contributed by atoms with van der Waals surface area (Å²) in [5.41, 5.74) is 4.98. The molecule has 1 atom stereocenters. The van der Waals surface area contributed by atoms with E-state index in [-0.39, 0.29) is 0 Å².